The van der Waals surface area contributed by atoms with E-state index in [2.05, 4.69) is 15.3 Å². The number of anilines is 3. The van der Waals surface area contributed by atoms with E-state index in [1.165, 1.54) is 6.07 Å². The van der Waals surface area contributed by atoms with Crippen molar-refractivity contribution < 1.29 is 18.0 Å². The van der Waals surface area contributed by atoms with Crippen molar-refractivity contribution in [1.82, 2.24) is 14.9 Å². The van der Waals surface area contributed by atoms with Gasteiger partial charge in [-0.1, -0.05) is 0 Å². The second-order valence-corrected chi connectivity index (χ2v) is 7.39. The number of aromatic nitrogens is 2. The van der Waals surface area contributed by atoms with Crippen molar-refractivity contribution in [2.45, 2.75) is 19.0 Å². The molecule has 4 rings (SSSR count). The molecule has 2 fully saturated rings. The smallest absolute Gasteiger partial charge is 0.370 e. The van der Waals surface area contributed by atoms with Crippen molar-refractivity contribution in [3.8, 4) is 0 Å². The zero-order valence-electron chi connectivity index (χ0n) is 16.4. The van der Waals surface area contributed by atoms with Crippen molar-refractivity contribution >= 4 is 23.2 Å². The largest absolute Gasteiger partial charge is 0.416 e. The Morgan fingerprint density at radius 1 is 0.967 bits per heavy atom. The molecule has 7 nitrogen and oxygen atoms in total. The fraction of sp³-hybridized carbons (Fsp3) is 0.450. The first-order valence-electron chi connectivity index (χ1n) is 9.95. The van der Waals surface area contributed by atoms with Gasteiger partial charge in [0.05, 0.1) is 23.1 Å². The van der Waals surface area contributed by atoms with Crippen molar-refractivity contribution in [2.24, 2.45) is 0 Å². The van der Waals surface area contributed by atoms with Crippen LogP contribution in [0.25, 0.3) is 0 Å². The van der Waals surface area contributed by atoms with Crippen molar-refractivity contribution in [3.05, 3.63) is 42.4 Å². The predicted molar refractivity (Wildman–Crippen MR) is 108 cm³/mol. The van der Waals surface area contributed by atoms with Gasteiger partial charge in [0.25, 0.3) is 0 Å². The highest BCUT2D eigenvalue weighted by atomic mass is 19.4. The molecule has 0 bridgehead atoms. The summed E-state index contributed by atoms with van der Waals surface area (Å²) in [4.78, 5) is 26.8. The molecule has 0 radical (unpaired) electrons. The molecule has 160 valence electrons. The maximum absolute atomic E-state index is 13.2. The van der Waals surface area contributed by atoms with Crippen LogP contribution in [0.4, 0.5) is 35.2 Å². The second-order valence-electron chi connectivity index (χ2n) is 7.39. The quantitative estimate of drug-likeness (QED) is 0.824. The molecule has 10 heteroatoms. The molecule has 30 heavy (non-hydrogen) atoms. The van der Waals surface area contributed by atoms with Gasteiger partial charge in [-0.25, -0.2) is 9.78 Å². The molecular formula is C20H23F3N6O. The first-order chi connectivity index (χ1) is 14.4. The number of hydrogen-bond donors (Lipinski definition) is 1. The Morgan fingerprint density at radius 3 is 2.33 bits per heavy atom. The first-order valence-corrected chi connectivity index (χ1v) is 9.95. The number of benzene rings is 1. The summed E-state index contributed by atoms with van der Waals surface area (Å²) in [7, 11) is 0. The highest BCUT2D eigenvalue weighted by Gasteiger charge is 2.32. The summed E-state index contributed by atoms with van der Waals surface area (Å²) in [5.74, 6) is 0.742. The van der Waals surface area contributed by atoms with E-state index in [0.717, 1.165) is 43.9 Å². The van der Waals surface area contributed by atoms with Crippen LogP contribution in [0, 0.1) is 0 Å². The molecule has 0 atom stereocenters. The van der Waals surface area contributed by atoms with E-state index in [1.54, 1.807) is 23.5 Å². The van der Waals surface area contributed by atoms with Gasteiger partial charge in [0.15, 0.2) is 0 Å². The standard InChI is InChI=1S/C20H23F3N6O/c21-20(22,23)15-3-4-17(27-7-1-2-8-27)16(13-15)26-19(30)29-11-9-28(10-12-29)18-14-24-5-6-25-18/h3-6,13-14H,1-2,7-12H2,(H,26,30). The topological polar surface area (TPSA) is 64.6 Å². The zero-order chi connectivity index (χ0) is 21.1. The van der Waals surface area contributed by atoms with Crippen molar-refractivity contribution in [2.75, 3.05) is 54.4 Å². The Balaban J connectivity index is 1.47. The molecule has 0 spiro atoms. The van der Waals surface area contributed by atoms with Gasteiger partial charge in [-0.3, -0.25) is 4.98 Å². The minimum Gasteiger partial charge on any atom is -0.370 e. The molecule has 1 N–H and O–H groups in total. The fourth-order valence-corrected chi connectivity index (χ4v) is 3.83. The van der Waals surface area contributed by atoms with E-state index in [0.29, 0.717) is 31.9 Å². The summed E-state index contributed by atoms with van der Waals surface area (Å²) in [5.41, 5.74) is 0.0633. The van der Waals surface area contributed by atoms with Crippen LogP contribution in [0.15, 0.2) is 36.8 Å². The number of amides is 2. The summed E-state index contributed by atoms with van der Waals surface area (Å²) in [6, 6.07) is 3.16. The van der Waals surface area contributed by atoms with Gasteiger partial charge in [0.2, 0.25) is 0 Å². The molecule has 0 saturated carbocycles. The van der Waals surface area contributed by atoms with E-state index in [1.807, 2.05) is 9.80 Å². The van der Waals surface area contributed by atoms with Crippen LogP contribution >= 0.6 is 0 Å². The summed E-state index contributed by atoms with van der Waals surface area (Å²) in [6.45, 7) is 3.58. The first kappa shape index (κ1) is 20.2. The van der Waals surface area contributed by atoms with E-state index in [-0.39, 0.29) is 5.69 Å². The monoisotopic (exact) mass is 420 g/mol. The SMILES string of the molecule is O=C(Nc1cc(C(F)(F)F)ccc1N1CCCC1)N1CCN(c2cnccn2)CC1. The lowest BCUT2D eigenvalue weighted by Crippen LogP contribution is -2.50. The average molecular weight is 420 g/mol. The lowest BCUT2D eigenvalue weighted by atomic mass is 10.1. The van der Waals surface area contributed by atoms with E-state index in [4.69, 9.17) is 0 Å². The van der Waals surface area contributed by atoms with Crippen LogP contribution in [0.5, 0.6) is 0 Å². The minimum atomic E-state index is -4.47. The lowest BCUT2D eigenvalue weighted by Gasteiger charge is -2.35. The number of rotatable bonds is 3. The molecule has 0 aliphatic carbocycles. The zero-order valence-corrected chi connectivity index (χ0v) is 16.4. The van der Waals surface area contributed by atoms with Gasteiger partial charge >= 0.3 is 12.2 Å². The number of urea groups is 1. The highest BCUT2D eigenvalue weighted by Crippen LogP contribution is 2.36. The molecule has 2 aliphatic heterocycles. The van der Waals surface area contributed by atoms with Gasteiger partial charge in [0.1, 0.15) is 5.82 Å². The van der Waals surface area contributed by atoms with Crippen LogP contribution in [0.3, 0.4) is 0 Å². The van der Waals surface area contributed by atoms with Gasteiger partial charge in [-0.05, 0) is 31.0 Å². The van der Waals surface area contributed by atoms with Gasteiger partial charge in [0, 0.05) is 51.7 Å². The highest BCUT2D eigenvalue weighted by molar-refractivity contribution is 5.93. The Labute approximate surface area is 172 Å². The summed E-state index contributed by atoms with van der Waals surface area (Å²) in [5, 5.41) is 2.72. The van der Waals surface area contributed by atoms with Gasteiger partial charge in [-0.2, -0.15) is 13.2 Å². The molecule has 0 unspecified atom stereocenters. The Kier molecular flexibility index (Phi) is 5.65. The molecule has 3 heterocycles. The lowest BCUT2D eigenvalue weighted by molar-refractivity contribution is -0.137. The molecular weight excluding hydrogens is 397 g/mol. The summed E-state index contributed by atoms with van der Waals surface area (Å²) in [6.07, 6.45) is 2.38. The third-order valence-corrected chi connectivity index (χ3v) is 5.45. The molecule has 1 aromatic carbocycles. The van der Waals surface area contributed by atoms with Crippen molar-refractivity contribution in [3.63, 3.8) is 0 Å². The Hall–Kier alpha value is -3.04. The van der Waals surface area contributed by atoms with Crippen LogP contribution < -0.4 is 15.1 Å². The van der Waals surface area contributed by atoms with E-state index < -0.39 is 17.8 Å². The summed E-state index contributed by atoms with van der Waals surface area (Å²) < 4.78 is 39.7. The number of nitrogens with zero attached hydrogens (tertiary/aromatic N) is 5. The number of hydrogen-bond acceptors (Lipinski definition) is 5. The van der Waals surface area contributed by atoms with E-state index >= 15 is 0 Å². The maximum Gasteiger partial charge on any atom is 0.416 e. The number of nitrogens with one attached hydrogen (secondary N) is 1. The van der Waals surface area contributed by atoms with Crippen LogP contribution in [-0.4, -0.2) is 60.2 Å². The predicted octanol–water partition coefficient (Wildman–Crippen LogP) is 3.45. The number of carbonyl (C=O) groups is 1. The number of halogens is 3. The second kappa shape index (κ2) is 8.37. The van der Waals surface area contributed by atoms with E-state index in [9.17, 15) is 18.0 Å². The Bertz CT molecular complexity index is 878. The third kappa shape index (κ3) is 4.42. The Morgan fingerprint density at radius 2 is 1.70 bits per heavy atom. The van der Waals surface area contributed by atoms with Gasteiger partial charge in [-0.15, -0.1) is 0 Å². The molecule has 2 aromatic rings. The van der Waals surface area contributed by atoms with Gasteiger partial charge < -0.3 is 20.0 Å². The minimum absolute atomic E-state index is 0.202. The maximum atomic E-state index is 13.2. The van der Waals surface area contributed by atoms with Crippen molar-refractivity contribution in [1.29, 1.82) is 0 Å². The molecule has 2 aliphatic rings. The normalized spacial score (nSPS) is 17.4. The summed E-state index contributed by atoms with van der Waals surface area (Å²) >= 11 is 0. The third-order valence-electron chi connectivity index (χ3n) is 5.45. The van der Waals surface area contributed by atoms with Crippen LogP contribution in [0.1, 0.15) is 18.4 Å². The van der Waals surface area contributed by atoms with Crippen LogP contribution in [0.2, 0.25) is 0 Å². The molecule has 2 saturated heterocycles. The number of piperazine rings is 1. The fourth-order valence-electron chi connectivity index (χ4n) is 3.83. The number of carbonyl (C=O) groups excluding carboxylic acids is 1. The molecule has 1 aromatic heterocycles. The molecule has 2 amide bonds. The van der Waals surface area contributed by atoms with Crippen LogP contribution in [-0.2, 0) is 6.18 Å². The number of alkyl halides is 3. The average Bonchev–Trinajstić information content (AvgIpc) is 3.28.